The summed E-state index contributed by atoms with van der Waals surface area (Å²) in [4.78, 5) is 35.2. The van der Waals surface area contributed by atoms with Crippen LogP contribution in [0.4, 0.5) is 0 Å². The molecular weight excluding hydrogens is 420 g/mol. The Bertz CT molecular complexity index is 1100. The number of nitrogens with zero attached hydrogens (tertiary/aromatic N) is 3. The Morgan fingerprint density at radius 2 is 1.79 bits per heavy atom. The fourth-order valence-corrected chi connectivity index (χ4v) is 3.70. The van der Waals surface area contributed by atoms with Gasteiger partial charge < -0.3 is 19.7 Å². The fourth-order valence-electron chi connectivity index (χ4n) is 3.70. The molecule has 0 spiro atoms. The molecule has 1 aliphatic rings. The van der Waals surface area contributed by atoms with Crippen LogP contribution in [0.5, 0.6) is 0 Å². The summed E-state index contributed by atoms with van der Waals surface area (Å²) in [6.07, 6.45) is 3.11. The van der Waals surface area contributed by atoms with Gasteiger partial charge in [-0.15, -0.1) is 0 Å². The second-order valence-electron chi connectivity index (χ2n) is 7.72. The smallest absolute Gasteiger partial charge is 0.269 e. The van der Waals surface area contributed by atoms with E-state index in [1.165, 1.54) is 0 Å². The van der Waals surface area contributed by atoms with Gasteiger partial charge in [0.05, 0.1) is 25.5 Å². The van der Waals surface area contributed by atoms with E-state index in [-0.39, 0.29) is 17.9 Å². The topological polar surface area (TPSA) is 93.7 Å². The number of benzene rings is 1. The molecule has 1 aromatic carbocycles. The lowest BCUT2D eigenvalue weighted by atomic mass is 10.1. The van der Waals surface area contributed by atoms with Crippen LogP contribution in [0, 0.1) is 0 Å². The zero-order valence-corrected chi connectivity index (χ0v) is 18.7. The highest BCUT2D eigenvalue weighted by atomic mass is 16.5. The number of aromatic nitrogens is 2. The number of hydrogen-bond donors (Lipinski definition) is 1. The lowest BCUT2D eigenvalue weighted by Gasteiger charge is -2.32. The maximum absolute atomic E-state index is 13.0. The summed E-state index contributed by atoms with van der Waals surface area (Å²) in [5.41, 5.74) is 4.54. The summed E-state index contributed by atoms with van der Waals surface area (Å²) in [6.45, 7) is 1.94. The largest absolute Gasteiger partial charge is 0.380 e. The molecule has 3 heterocycles. The van der Waals surface area contributed by atoms with Crippen molar-refractivity contribution in [3.63, 3.8) is 0 Å². The second kappa shape index (κ2) is 10.3. The van der Waals surface area contributed by atoms with Crippen molar-refractivity contribution in [1.82, 2.24) is 20.2 Å². The summed E-state index contributed by atoms with van der Waals surface area (Å²) in [5.74, 6) is -0.249. The summed E-state index contributed by atoms with van der Waals surface area (Å²) in [5, 5.41) is 2.55. The first-order chi connectivity index (χ1) is 16.1. The Balaban J connectivity index is 1.42. The molecule has 0 unspecified atom stereocenters. The van der Waals surface area contributed by atoms with Crippen LogP contribution in [0.25, 0.3) is 11.1 Å². The molecule has 3 aromatic rings. The molecule has 1 atom stereocenters. The third-order valence-electron chi connectivity index (χ3n) is 5.54. The molecule has 1 saturated heterocycles. The number of carbonyl (C=O) groups excluding carboxylic acids is 2. The maximum Gasteiger partial charge on any atom is 0.269 e. The Morgan fingerprint density at radius 1 is 1.06 bits per heavy atom. The molecule has 1 fully saturated rings. The van der Waals surface area contributed by atoms with Crippen LogP contribution in [0.1, 0.15) is 38.2 Å². The van der Waals surface area contributed by atoms with Gasteiger partial charge in [0.25, 0.3) is 11.8 Å². The second-order valence-corrected chi connectivity index (χ2v) is 7.72. The minimum atomic E-state index is -0.293. The average molecular weight is 447 g/mol. The third kappa shape index (κ3) is 5.24. The van der Waals surface area contributed by atoms with Crippen LogP contribution >= 0.6 is 0 Å². The number of rotatable bonds is 6. The maximum atomic E-state index is 13.0. The van der Waals surface area contributed by atoms with Crippen molar-refractivity contribution < 1.29 is 19.1 Å². The van der Waals surface area contributed by atoms with Gasteiger partial charge in [-0.05, 0) is 29.8 Å². The number of amides is 2. The van der Waals surface area contributed by atoms with Gasteiger partial charge in [0.15, 0.2) is 0 Å². The first-order valence-corrected chi connectivity index (χ1v) is 10.7. The minimum absolute atomic E-state index is 0.0221. The number of hydrogen-bond acceptors (Lipinski definition) is 6. The number of carbonyl (C=O) groups is 2. The molecule has 0 radical (unpaired) electrons. The molecule has 170 valence electrons. The van der Waals surface area contributed by atoms with Gasteiger partial charge in [-0.25, -0.2) is 0 Å². The van der Waals surface area contributed by atoms with Crippen LogP contribution in [0.15, 0.2) is 60.9 Å². The Labute approximate surface area is 192 Å². The third-order valence-corrected chi connectivity index (χ3v) is 5.54. The number of pyridine rings is 2. The summed E-state index contributed by atoms with van der Waals surface area (Å²) >= 11 is 0. The van der Waals surface area contributed by atoms with Crippen molar-refractivity contribution >= 4 is 11.8 Å². The summed E-state index contributed by atoms with van der Waals surface area (Å²) in [7, 11) is 3.22. The van der Waals surface area contributed by atoms with Crippen LogP contribution in [-0.4, -0.2) is 60.5 Å². The van der Waals surface area contributed by atoms with Gasteiger partial charge in [-0.1, -0.05) is 24.3 Å². The monoisotopic (exact) mass is 446 g/mol. The standard InChI is InChI=1S/C25H26N4O4/c1-26-24(30)22-10-8-20(14-28-22)19-7-9-21(27-13-19)23-15-29(11-12-33-23)25(31)18-5-3-17(4-6-18)16-32-2/h3-10,13-14,23H,11-12,15-16H2,1-2H3,(H,26,30)/t23-/m1/s1. The van der Waals surface area contributed by atoms with E-state index in [0.29, 0.717) is 37.6 Å². The SMILES string of the molecule is CNC(=O)c1ccc(-c2ccc([C@H]3CN(C(=O)c4ccc(COC)cc4)CCO3)nc2)cn1. The molecule has 0 aliphatic carbocycles. The predicted molar refractivity (Wildman–Crippen MR) is 123 cm³/mol. The molecule has 33 heavy (non-hydrogen) atoms. The Morgan fingerprint density at radius 3 is 2.39 bits per heavy atom. The van der Waals surface area contributed by atoms with Crippen molar-refractivity contribution in [3.05, 3.63) is 83.4 Å². The van der Waals surface area contributed by atoms with E-state index in [4.69, 9.17) is 9.47 Å². The van der Waals surface area contributed by atoms with Crippen molar-refractivity contribution in [2.45, 2.75) is 12.7 Å². The average Bonchev–Trinajstić information content (AvgIpc) is 2.89. The van der Waals surface area contributed by atoms with Gasteiger partial charge in [-0.3, -0.25) is 19.6 Å². The molecule has 2 aromatic heterocycles. The van der Waals surface area contributed by atoms with E-state index in [1.54, 1.807) is 37.5 Å². The first-order valence-electron chi connectivity index (χ1n) is 10.7. The van der Waals surface area contributed by atoms with E-state index in [9.17, 15) is 9.59 Å². The molecule has 8 heteroatoms. The van der Waals surface area contributed by atoms with E-state index in [0.717, 1.165) is 22.4 Å². The van der Waals surface area contributed by atoms with E-state index in [2.05, 4.69) is 15.3 Å². The molecule has 1 N–H and O–H groups in total. The fraction of sp³-hybridized carbons (Fsp3) is 0.280. The van der Waals surface area contributed by atoms with Crippen LogP contribution in [0.2, 0.25) is 0 Å². The summed E-state index contributed by atoms with van der Waals surface area (Å²) in [6, 6.07) is 14.8. The van der Waals surface area contributed by atoms with E-state index in [1.807, 2.05) is 42.5 Å². The number of ether oxygens (including phenoxy) is 2. The number of methoxy groups -OCH3 is 1. The quantitative estimate of drug-likeness (QED) is 0.626. The van der Waals surface area contributed by atoms with Gasteiger partial charge in [-0.2, -0.15) is 0 Å². The van der Waals surface area contributed by atoms with Crippen molar-refractivity contribution in [2.24, 2.45) is 0 Å². The molecule has 4 rings (SSSR count). The molecule has 8 nitrogen and oxygen atoms in total. The first kappa shape index (κ1) is 22.6. The molecule has 0 saturated carbocycles. The van der Waals surface area contributed by atoms with Gasteiger partial charge in [0, 0.05) is 49.8 Å². The molecule has 1 aliphatic heterocycles. The van der Waals surface area contributed by atoms with Gasteiger partial charge >= 0.3 is 0 Å². The van der Waals surface area contributed by atoms with Gasteiger partial charge in [0.2, 0.25) is 0 Å². The van der Waals surface area contributed by atoms with E-state index >= 15 is 0 Å². The Hall–Kier alpha value is -3.62. The lowest BCUT2D eigenvalue weighted by Crippen LogP contribution is -2.42. The van der Waals surface area contributed by atoms with Crippen LogP contribution < -0.4 is 5.32 Å². The van der Waals surface area contributed by atoms with E-state index < -0.39 is 0 Å². The van der Waals surface area contributed by atoms with Gasteiger partial charge in [0.1, 0.15) is 11.8 Å². The highest BCUT2D eigenvalue weighted by Crippen LogP contribution is 2.25. The summed E-state index contributed by atoms with van der Waals surface area (Å²) < 4.78 is 11.0. The number of morpholine rings is 1. The molecule has 2 amide bonds. The predicted octanol–water partition coefficient (Wildman–Crippen LogP) is 2.86. The highest BCUT2D eigenvalue weighted by molar-refractivity contribution is 5.94. The normalized spacial score (nSPS) is 15.8. The highest BCUT2D eigenvalue weighted by Gasteiger charge is 2.27. The van der Waals surface area contributed by atoms with Crippen molar-refractivity contribution in [3.8, 4) is 11.1 Å². The zero-order chi connectivity index (χ0) is 23.2. The van der Waals surface area contributed by atoms with Crippen LogP contribution in [0.3, 0.4) is 0 Å². The van der Waals surface area contributed by atoms with Crippen molar-refractivity contribution in [2.75, 3.05) is 33.9 Å². The number of nitrogens with one attached hydrogen (secondary N) is 1. The van der Waals surface area contributed by atoms with Crippen LogP contribution in [-0.2, 0) is 16.1 Å². The van der Waals surface area contributed by atoms with Crippen molar-refractivity contribution in [1.29, 1.82) is 0 Å². The zero-order valence-electron chi connectivity index (χ0n) is 18.7. The molecule has 0 bridgehead atoms. The Kier molecular flexibility index (Phi) is 7.07. The lowest BCUT2D eigenvalue weighted by molar-refractivity contribution is -0.0247. The molecular formula is C25H26N4O4. The minimum Gasteiger partial charge on any atom is -0.380 e.